The summed E-state index contributed by atoms with van der Waals surface area (Å²) in [5.74, 6) is -1.04. The van der Waals surface area contributed by atoms with Crippen molar-refractivity contribution in [2.75, 3.05) is 20.3 Å². The van der Waals surface area contributed by atoms with E-state index < -0.39 is 18.0 Å². The van der Waals surface area contributed by atoms with Crippen LogP contribution in [-0.2, 0) is 16.0 Å². The monoisotopic (exact) mass is 315 g/mol. The highest BCUT2D eigenvalue weighted by molar-refractivity contribution is 7.09. The Morgan fingerprint density at radius 2 is 2.29 bits per heavy atom. The van der Waals surface area contributed by atoms with Crippen LogP contribution in [0.2, 0.25) is 0 Å². The highest BCUT2D eigenvalue weighted by Gasteiger charge is 2.19. The normalized spacial score (nSPS) is 11.9. The number of methoxy groups -OCH3 is 1. The molecule has 0 aliphatic rings. The van der Waals surface area contributed by atoms with Gasteiger partial charge in [-0.25, -0.2) is 14.6 Å². The Hall–Kier alpha value is -1.67. The molecule has 7 nitrogen and oxygen atoms in total. The molecular formula is C13H21N3O4S. The Morgan fingerprint density at radius 3 is 2.86 bits per heavy atom. The lowest BCUT2D eigenvalue weighted by Gasteiger charge is -2.14. The van der Waals surface area contributed by atoms with Gasteiger partial charge >= 0.3 is 12.0 Å². The molecule has 1 unspecified atom stereocenters. The van der Waals surface area contributed by atoms with Crippen LogP contribution in [0, 0.1) is 6.92 Å². The zero-order valence-corrected chi connectivity index (χ0v) is 13.0. The second-order valence-corrected chi connectivity index (χ2v) is 5.50. The van der Waals surface area contributed by atoms with E-state index in [9.17, 15) is 9.59 Å². The third-order valence-electron chi connectivity index (χ3n) is 2.74. The molecule has 0 aliphatic heterocycles. The Morgan fingerprint density at radius 1 is 1.52 bits per heavy atom. The maximum absolute atomic E-state index is 11.7. The van der Waals surface area contributed by atoms with Gasteiger partial charge in [0.25, 0.3) is 0 Å². The summed E-state index contributed by atoms with van der Waals surface area (Å²) in [6.07, 6.45) is 1.54. The molecular weight excluding hydrogens is 294 g/mol. The summed E-state index contributed by atoms with van der Waals surface area (Å²) < 4.78 is 4.87. The van der Waals surface area contributed by atoms with E-state index in [1.807, 2.05) is 12.3 Å². The maximum atomic E-state index is 11.7. The van der Waals surface area contributed by atoms with E-state index >= 15 is 0 Å². The first-order valence-corrected chi connectivity index (χ1v) is 7.58. The number of hydrogen-bond donors (Lipinski definition) is 3. The summed E-state index contributed by atoms with van der Waals surface area (Å²) in [7, 11) is 1.55. The molecule has 0 radical (unpaired) electrons. The molecule has 21 heavy (non-hydrogen) atoms. The Kier molecular flexibility index (Phi) is 7.70. The molecule has 1 heterocycles. The molecule has 0 bridgehead atoms. The summed E-state index contributed by atoms with van der Waals surface area (Å²) in [6.45, 7) is 2.80. The van der Waals surface area contributed by atoms with E-state index in [0.717, 1.165) is 10.7 Å². The fourth-order valence-corrected chi connectivity index (χ4v) is 2.47. The number of aryl methyl sites for hydroxylation is 1. The van der Waals surface area contributed by atoms with Crippen molar-refractivity contribution >= 4 is 23.3 Å². The number of carboxylic acids is 1. The van der Waals surface area contributed by atoms with E-state index in [1.165, 1.54) is 0 Å². The topological polar surface area (TPSA) is 101 Å². The van der Waals surface area contributed by atoms with Gasteiger partial charge in [-0.3, -0.25) is 0 Å². The molecule has 3 N–H and O–H groups in total. The van der Waals surface area contributed by atoms with Gasteiger partial charge in [0, 0.05) is 37.8 Å². The summed E-state index contributed by atoms with van der Waals surface area (Å²) in [4.78, 5) is 27.0. The van der Waals surface area contributed by atoms with Crippen molar-refractivity contribution in [2.24, 2.45) is 0 Å². The van der Waals surface area contributed by atoms with Crippen molar-refractivity contribution in [1.82, 2.24) is 15.6 Å². The van der Waals surface area contributed by atoms with Gasteiger partial charge in [0.15, 0.2) is 0 Å². The average Bonchev–Trinajstić information content (AvgIpc) is 2.83. The molecule has 0 saturated heterocycles. The van der Waals surface area contributed by atoms with Crippen LogP contribution in [0.25, 0.3) is 0 Å². The number of amides is 2. The van der Waals surface area contributed by atoms with Gasteiger partial charge in [0.2, 0.25) is 0 Å². The van der Waals surface area contributed by atoms with Crippen molar-refractivity contribution in [1.29, 1.82) is 0 Å². The van der Waals surface area contributed by atoms with Crippen LogP contribution in [0.5, 0.6) is 0 Å². The van der Waals surface area contributed by atoms with Crippen molar-refractivity contribution in [2.45, 2.75) is 32.2 Å². The Balaban J connectivity index is 2.27. The number of nitrogens with one attached hydrogen (secondary N) is 2. The molecule has 118 valence electrons. The molecule has 8 heteroatoms. The summed E-state index contributed by atoms with van der Waals surface area (Å²) >= 11 is 1.54. The molecule has 1 aromatic heterocycles. The maximum Gasteiger partial charge on any atom is 0.326 e. The van der Waals surface area contributed by atoms with Crippen LogP contribution in [0.1, 0.15) is 23.5 Å². The highest BCUT2D eigenvalue weighted by atomic mass is 32.1. The number of nitrogens with zero attached hydrogens (tertiary/aromatic N) is 1. The van der Waals surface area contributed by atoms with Crippen molar-refractivity contribution in [3.05, 3.63) is 16.1 Å². The second-order valence-electron chi connectivity index (χ2n) is 4.56. The molecule has 0 spiro atoms. The predicted octanol–water partition coefficient (Wildman–Crippen LogP) is 1.17. The van der Waals surface area contributed by atoms with Crippen molar-refractivity contribution in [3.8, 4) is 0 Å². The van der Waals surface area contributed by atoms with Crippen LogP contribution in [0.3, 0.4) is 0 Å². The Labute approximate surface area is 127 Å². The third-order valence-corrected chi connectivity index (χ3v) is 3.76. The van der Waals surface area contributed by atoms with Crippen LogP contribution < -0.4 is 10.6 Å². The molecule has 0 saturated carbocycles. The first-order valence-electron chi connectivity index (χ1n) is 6.70. The molecule has 0 aliphatic carbocycles. The number of ether oxygens (including phenoxy) is 1. The number of hydrogen-bond acceptors (Lipinski definition) is 5. The van der Waals surface area contributed by atoms with Gasteiger partial charge in [-0.2, -0.15) is 0 Å². The minimum absolute atomic E-state index is 0.336. The van der Waals surface area contributed by atoms with Crippen LogP contribution in [0.4, 0.5) is 4.79 Å². The minimum Gasteiger partial charge on any atom is -0.480 e. The largest absolute Gasteiger partial charge is 0.480 e. The number of rotatable bonds is 9. The van der Waals surface area contributed by atoms with E-state index in [-0.39, 0.29) is 0 Å². The lowest BCUT2D eigenvalue weighted by molar-refractivity contribution is -0.139. The molecule has 0 aromatic carbocycles. The number of carbonyl (C=O) groups excluding carboxylic acids is 1. The van der Waals surface area contributed by atoms with Gasteiger partial charge in [-0.05, 0) is 19.8 Å². The van der Waals surface area contributed by atoms with Crippen LogP contribution in [0.15, 0.2) is 5.38 Å². The third kappa shape index (κ3) is 7.05. The number of urea groups is 1. The number of thiazole rings is 1. The molecule has 0 fully saturated rings. The van der Waals surface area contributed by atoms with Gasteiger partial charge in [0.1, 0.15) is 6.04 Å². The number of carbonyl (C=O) groups is 2. The zero-order valence-electron chi connectivity index (χ0n) is 12.2. The Bertz CT molecular complexity index is 464. The van der Waals surface area contributed by atoms with Crippen LogP contribution >= 0.6 is 11.3 Å². The van der Waals surface area contributed by atoms with Gasteiger partial charge < -0.3 is 20.5 Å². The molecule has 1 aromatic rings. The molecule has 1 rings (SSSR count). The smallest absolute Gasteiger partial charge is 0.326 e. The van der Waals surface area contributed by atoms with E-state index in [1.54, 1.807) is 18.4 Å². The average molecular weight is 315 g/mol. The zero-order chi connectivity index (χ0) is 15.7. The lowest BCUT2D eigenvalue weighted by Crippen LogP contribution is -2.46. The molecule has 2 amide bonds. The van der Waals surface area contributed by atoms with Crippen molar-refractivity contribution < 1.29 is 19.4 Å². The number of aromatic nitrogens is 1. The highest BCUT2D eigenvalue weighted by Crippen LogP contribution is 2.08. The predicted molar refractivity (Wildman–Crippen MR) is 79.6 cm³/mol. The number of carboxylic acid groups (broad SMARTS) is 1. The fourth-order valence-electron chi connectivity index (χ4n) is 1.70. The van der Waals surface area contributed by atoms with Gasteiger partial charge in [0.05, 0.1) is 5.01 Å². The van der Waals surface area contributed by atoms with E-state index in [0.29, 0.717) is 32.4 Å². The summed E-state index contributed by atoms with van der Waals surface area (Å²) in [5.41, 5.74) is 0.962. The summed E-state index contributed by atoms with van der Waals surface area (Å²) in [6, 6.07) is -1.38. The quantitative estimate of drug-likeness (QED) is 0.594. The fraction of sp³-hybridized carbons (Fsp3) is 0.615. The summed E-state index contributed by atoms with van der Waals surface area (Å²) in [5, 5.41) is 17.0. The minimum atomic E-state index is -1.04. The first kappa shape index (κ1) is 17.4. The standard InChI is InChI=1S/C13H21N3O4S/c1-9-8-21-11(15-9)5-6-14-13(19)16-10(12(17)18)4-3-7-20-2/h8,10H,3-7H2,1-2H3,(H,17,18)(H2,14,16,19). The van der Waals surface area contributed by atoms with Gasteiger partial charge in [-0.1, -0.05) is 0 Å². The second kappa shape index (κ2) is 9.30. The lowest BCUT2D eigenvalue weighted by atomic mass is 10.1. The van der Waals surface area contributed by atoms with Crippen LogP contribution in [-0.4, -0.2) is 48.4 Å². The van der Waals surface area contributed by atoms with Gasteiger partial charge in [-0.15, -0.1) is 11.3 Å². The SMILES string of the molecule is COCCCC(NC(=O)NCCc1nc(C)cs1)C(=O)O. The number of aliphatic carboxylic acids is 1. The van der Waals surface area contributed by atoms with Crippen molar-refractivity contribution in [3.63, 3.8) is 0 Å². The first-order chi connectivity index (χ1) is 10.0. The van der Waals surface area contributed by atoms with E-state index in [2.05, 4.69) is 15.6 Å². The molecule has 1 atom stereocenters. The van der Waals surface area contributed by atoms with E-state index in [4.69, 9.17) is 9.84 Å².